The molecule has 7 N–H and O–H groups in total. The summed E-state index contributed by atoms with van der Waals surface area (Å²) < 4.78 is 11.1. The summed E-state index contributed by atoms with van der Waals surface area (Å²) in [7, 11) is 0. The maximum atomic E-state index is 12.1. The van der Waals surface area contributed by atoms with Gasteiger partial charge in [-0.15, -0.1) is 0 Å². The number of ether oxygens (including phenoxy) is 2. The van der Waals surface area contributed by atoms with Crippen LogP contribution < -0.4 is 26.3 Å². The fourth-order valence-electron chi connectivity index (χ4n) is 2.88. The Morgan fingerprint density at radius 1 is 1.10 bits per heavy atom. The number of primary amides is 1. The van der Waals surface area contributed by atoms with Crippen molar-refractivity contribution in [3.8, 4) is 11.5 Å². The molecule has 1 atom stereocenters. The smallest absolute Gasteiger partial charge is 0.330 e. The molecule has 2 aromatic rings. The van der Waals surface area contributed by atoms with Gasteiger partial charge in [-0.2, -0.15) is 0 Å². The highest BCUT2D eigenvalue weighted by atomic mass is 16.5. The second-order valence-electron chi connectivity index (χ2n) is 6.45. The van der Waals surface area contributed by atoms with Crippen LogP contribution in [0.3, 0.4) is 0 Å². The number of aryl methyl sites for hydroxylation is 1. The molecular formula is C21H26N4O5. The van der Waals surface area contributed by atoms with E-state index in [9.17, 15) is 14.7 Å². The van der Waals surface area contributed by atoms with E-state index in [4.69, 9.17) is 26.4 Å². The van der Waals surface area contributed by atoms with Gasteiger partial charge >= 0.3 is 5.97 Å². The van der Waals surface area contributed by atoms with E-state index in [1.54, 1.807) is 36.4 Å². The number of aliphatic carboxylic acids is 1. The minimum atomic E-state index is -1.17. The van der Waals surface area contributed by atoms with Crippen molar-refractivity contribution in [2.24, 2.45) is 11.5 Å². The Morgan fingerprint density at radius 2 is 1.77 bits per heavy atom. The molecule has 2 rings (SSSR count). The highest BCUT2D eigenvalue weighted by Crippen LogP contribution is 2.35. The number of nitrogen functional groups attached to an aromatic ring is 1. The van der Waals surface area contributed by atoms with Crippen molar-refractivity contribution in [3.05, 3.63) is 53.1 Å². The molecule has 0 radical (unpaired) electrons. The Bertz CT molecular complexity index is 928. The van der Waals surface area contributed by atoms with Gasteiger partial charge in [0.05, 0.1) is 6.61 Å². The van der Waals surface area contributed by atoms with Crippen molar-refractivity contribution < 1.29 is 24.2 Å². The molecule has 0 bridgehead atoms. The first-order chi connectivity index (χ1) is 14.3. The van der Waals surface area contributed by atoms with Crippen molar-refractivity contribution in [1.82, 2.24) is 0 Å². The summed E-state index contributed by atoms with van der Waals surface area (Å²) in [6.07, 6.45) is 0.609. The SMILES string of the molecule is CCOc1cc(OCC(N)=O)c(C(Nc2ccc(C(=N)N)cc2)C(=O)O)cc1CC. The van der Waals surface area contributed by atoms with Crippen LogP contribution in [-0.2, 0) is 16.0 Å². The first kappa shape index (κ1) is 22.5. The number of amides is 1. The number of carbonyl (C=O) groups excluding carboxylic acids is 1. The van der Waals surface area contributed by atoms with Crippen molar-refractivity contribution in [2.75, 3.05) is 18.5 Å². The molecule has 1 unspecified atom stereocenters. The maximum absolute atomic E-state index is 12.1. The standard InChI is InChI=1S/C21H26N4O5/c1-3-12-9-15(17(30-11-18(22)26)10-16(12)29-4-2)19(21(27)28)25-14-7-5-13(6-8-14)20(23)24/h5-10,19,25H,3-4,11H2,1-2H3,(H2,22,26)(H3,23,24)(H,27,28). The summed E-state index contributed by atoms with van der Waals surface area (Å²) in [6.45, 7) is 3.78. The number of benzene rings is 2. The molecule has 2 aromatic carbocycles. The minimum absolute atomic E-state index is 0.0856. The van der Waals surface area contributed by atoms with E-state index in [1.807, 2.05) is 13.8 Å². The van der Waals surface area contributed by atoms with Crippen molar-refractivity contribution >= 4 is 23.4 Å². The van der Waals surface area contributed by atoms with Crippen LogP contribution >= 0.6 is 0 Å². The van der Waals surface area contributed by atoms with Gasteiger partial charge in [-0.1, -0.05) is 6.92 Å². The van der Waals surface area contributed by atoms with Gasteiger partial charge in [0.1, 0.15) is 17.3 Å². The zero-order chi connectivity index (χ0) is 22.3. The third-order valence-corrected chi connectivity index (χ3v) is 4.31. The van der Waals surface area contributed by atoms with Gasteiger partial charge in [0.25, 0.3) is 5.91 Å². The number of anilines is 1. The van der Waals surface area contributed by atoms with Crippen molar-refractivity contribution in [1.29, 1.82) is 5.41 Å². The fraction of sp³-hybridized carbons (Fsp3) is 0.286. The minimum Gasteiger partial charge on any atom is -0.493 e. The van der Waals surface area contributed by atoms with Crippen LogP contribution in [0.1, 0.15) is 36.6 Å². The van der Waals surface area contributed by atoms with Gasteiger partial charge in [-0.05, 0) is 49.2 Å². The molecule has 0 aromatic heterocycles. The molecule has 0 aliphatic rings. The molecule has 1 amide bonds. The van der Waals surface area contributed by atoms with Crippen LogP contribution in [0, 0.1) is 5.41 Å². The highest BCUT2D eigenvalue weighted by Gasteiger charge is 2.26. The molecule has 0 saturated heterocycles. The Kier molecular flexibility index (Phi) is 7.62. The third-order valence-electron chi connectivity index (χ3n) is 4.31. The predicted octanol–water partition coefficient (Wildman–Crippen LogP) is 2.03. The quantitative estimate of drug-likeness (QED) is 0.278. The molecule has 0 spiro atoms. The normalized spacial score (nSPS) is 11.4. The van der Waals surface area contributed by atoms with Crippen LogP contribution in [0.15, 0.2) is 36.4 Å². The molecule has 0 fully saturated rings. The first-order valence-electron chi connectivity index (χ1n) is 9.41. The lowest BCUT2D eigenvalue weighted by Crippen LogP contribution is -2.24. The van der Waals surface area contributed by atoms with Crippen LogP contribution in [0.25, 0.3) is 0 Å². The molecular weight excluding hydrogens is 388 g/mol. The monoisotopic (exact) mass is 414 g/mol. The van der Waals surface area contributed by atoms with E-state index in [0.29, 0.717) is 35.6 Å². The summed E-state index contributed by atoms with van der Waals surface area (Å²) in [5.74, 6) is -1.16. The number of nitrogens with one attached hydrogen (secondary N) is 2. The van der Waals surface area contributed by atoms with E-state index in [1.165, 1.54) is 0 Å². The predicted molar refractivity (Wildman–Crippen MR) is 113 cm³/mol. The van der Waals surface area contributed by atoms with Gasteiger partial charge in [0, 0.05) is 22.9 Å². The van der Waals surface area contributed by atoms with Gasteiger partial charge in [0.2, 0.25) is 0 Å². The number of carbonyl (C=O) groups is 2. The van der Waals surface area contributed by atoms with Gasteiger partial charge in [-0.3, -0.25) is 10.2 Å². The lowest BCUT2D eigenvalue weighted by molar-refractivity contribution is -0.138. The molecule has 0 aliphatic carbocycles. The Labute approximate surface area is 174 Å². The number of carboxylic acids is 1. The highest BCUT2D eigenvalue weighted by molar-refractivity contribution is 5.95. The second-order valence-corrected chi connectivity index (χ2v) is 6.45. The number of carboxylic acid groups (broad SMARTS) is 1. The maximum Gasteiger partial charge on any atom is 0.330 e. The molecule has 0 heterocycles. The first-order valence-corrected chi connectivity index (χ1v) is 9.41. The molecule has 0 saturated carbocycles. The Morgan fingerprint density at radius 3 is 2.27 bits per heavy atom. The topological polar surface area (TPSA) is 161 Å². The lowest BCUT2D eigenvalue weighted by atomic mass is 9.99. The second kappa shape index (κ2) is 10.1. The zero-order valence-corrected chi connectivity index (χ0v) is 16.9. The van der Waals surface area contributed by atoms with Crippen LogP contribution in [-0.4, -0.2) is 36.0 Å². The van der Waals surface area contributed by atoms with Crippen LogP contribution in [0.5, 0.6) is 11.5 Å². The Balaban J connectivity index is 2.48. The van der Waals surface area contributed by atoms with Crippen molar-refractivity contribution in [2.45, 2.75) is 26.3 Å². The molecule has 0 aliphatic heterocycles. The van der Waals surface area contributed by atoms with Crippen LogP contribution in [0.2, 0.25) is 0 Å². The van der Waals surface area contributed by atoms with E-state index < -0.39 is 24.5 Å². The zero-order valence-electron chi connectivity index (χ0n) is 16.9. The van der Waals surface area contributed by atoms with Gasteiger partial charge in [0.15, 0.2) is 12.6 Å². The molecule has 160 valence electrons. The number of amidine groups is 1. The number of nitrogens with two attached hydrogens (primary N) is 2. The van der Waals surface area contributed by atoms with E-state index in [2.05, 4.69) is 5.32 Å². The lowest BCUT2D eigenvalue weighted by Gasteiger charge is -2.22. The van der Waals surface area contributed by atoms with E-state index >= 15 is 0 Å². The largest absolute Gasteiger partial charge is 0.493 e. The van der Waals surface area contributed by atoms with Crippen molar-refractivity contribution in [3.63, 3.8) is 0 Å². The Hall–Kier alpha value is -3.75. The summed E-state index contributed by atoms with van der Waals surface area (Å²) in [5.41, 5.74) is 12.8. The summed E-state index contributed by atoms with van der Waals surface area (Å²) in [6, 6.07) is 8.59. The third kappa shape index (κ3) is 5.63. The number of rotatable bonds is 11. The van der Waals surface area contributed by atoms with E-state index in [-0.39, 0.29) is 11.6 Å². The number of hydrogen-bond acceptors (Lipinski definition) is 6. The summed E-state index contributed by atoms with van der Waals surface area (Å²) in [5, 5.41) is 20.3. The molecule has 9 nitrogen and oxygen atoms in total. The summed E-state index contributed by atoms with van der Waals surface area (Å²) in [4.78, 5) is 23.3. The molecule has 30 heavy (non-hydrogen) atoms. The average Bonchev–Trinajstić information content (AvgIpc) is 2.71. The van der Waals surface area contributed by atoms with Crippen LogP contribution in [0.4, 0.5) is 5.69 Å². The van der Waals surface area contributed by atoms with E-state index in [0.717, 1.165) is 5.56 Å². The van der Waals surface area contributed by atoms with Gasteiger partial charge < -0.3 is 31.4 Å². The summed E-state index contributed by atoms with van der Waals surface area (Å²) >= 11 is 0. The number of hydrogen-bond donors (Lipinski definition) is 5. The average molecular weight is 414 g/mol. The van der Waals surface area contributed by atoms with Gasteiger partial charge in [-0.25, -0.2) is 4.79 Å². The fourth-order valence-corrected chi connectivity index (χ4v) is 2.88. The molecule has 9 heteroatoms.